The molecule has 2 aromatic carbocycles. The maximum Gasteiger partial charge on any atom is 0.279 e. The number of ether oxygens (including phenoxy) is 2. The number of nitriles is 1. The minimum atomic E-state index is 0.0892. The number of morpholine rings is 1. The fourth-order valence-electron chi connectivity index (χ4n) is 4.78. The molecule has 174 valence electrons. The molecule has 0 aromatic heterocycles. The molecule has 8 heteroatoms. The molecule has 8 nitrogen and oxygen atoms in total. The topological polar surface area (TPSA) is 94.6 Å². The number of hydrogen-bond donors (Lipinski definition) is 1. The third-order valence-electron chi connectivity index (χ3n) is 6.69. The molecular formula is C27H25N6O2+. The molecule has 0 bridgehead atoms. The van der Waals surface area contributed by atoms with Crippen LogP contribution < -0.4 is 15.0 Å². The zero-order valence-electron chi connectivity index (χ0n) is 19.3. The smallest absolute Gasteiger partial charge is 0.279 e. The van der Waals surface area contributed by atoms with Gasteiger partial charge in [-0.05, 0) is 58.8 Å². The fourth-order valence-corrected chi connectivity index (χ4v) is 4.78. The molecule has 35 heavy (non-hydrogen) atoms. The van der Waals surface area contributed by atoms with E-state index in [2.05, 4.69) is 56.9 Å². The molecule has 2 saturated heterocycles. The van der Waals surface area contributed by atoms with E-state index in [0.29, 0.717) is 23.4 Å². The van der Waals surface area contributed by atoms with Gasteiger partial charge in [-0.2, -0.15) is 5.26 Å². The molecule has 0 unspecified atom stereocenters. The van der Waals surface area contributed by atoms with Gasteiger partial charge in [-0.15, -0.1) is 0 Å². The predicted octanol–water partition coefficient (Wildman–Crippen LogP) is 2.95. The highest BCUT2D eigenvalue weighted by atomic mass is 16.5. The minimum absolute atomic E-state index is 0.0892. The summed E-state index contributed by atoms with van der Waals surface area (Å²) in [7, 11) is 0. The van der Waals surface area contributed by atoms with E-state index in [9.17, 15) is 5.26 Å². The molecule has 4 aliphatic heterocycles. The molecule has 1 N–H and O–H groups in total. The van der Waals surface area contributed by atoms with Crippen LogP contribution in [0, 0.1) is 11.3 Å². The zero-order chi connectivity index (χ0) is 23.6. The van der Waals surface area contributed by atoms with Crippen LogP contribution in [0.4, 0.5) is 5.69 Å². The third kappa shape index (κ3) is 4.33. The van der Waals surface area contributed by atoms with Gasteiger partial charge in [0.25, 0.3) is 6.34 Å². The van der Waals surface area contributed by atoms with Gasteiger partial charge in [0.1, 0.15) is 17.9 Å². The van der Waals surface area contributed by atoms with Gasteiger partial charge in [-0.1, -0.05) is 12.1 Å². The first kappa shape index (κ1) is 21.6. The van der Waals surface area contributed by atoms with Crippen LogP contribution in [0.25, 0.3) is 0 Å². The van der Waals surface area contributed by atoms with E-state index in [-0.39, 0.29) is 6.10 Å². The number of nitrogens with one attached hydrogen (secondary N) is 1. The maximum atomic E-state index is 9.74. The van der Waals surface area contributed by atoms with Crippen LogP contribution in [0.1, 0.15) is 29.5 Å². The Labute approximate surface area is 204 Å². The normalized spacial score (nSPS) is 21.2. The Morgan fingerprint density at radius 1 is 1.11 bits per heavy atom. The molecule has 0 amide bonds. The van der Waals surface area contributed by atoms with E-state index in [1.54, 1.807) is 0 Å². The quantitative estimate of drug-likeness (QED) is 0.685. The van der Waals surface area contributed by atoms with Crippen LogP contribution in [0.2, 0.25) is 0 Å². The first-order valence-electron chi connectivity index (χ1n) is 12.0. The largest absolute Gasteiger partial charge is 0.488 e. The zero-order valence-corrected chi connectivity index (χ0v) is 19.3. The first-order chi connectivity index (χ1) is 17.3. The van der Waals surface area contributed by atoms with Crippen molar-refractivity contribution in [3.63, 3.8) is 0 Å². The molecule has 0 radical (unpaired) electrons. The Hall–Kier alpha value is -3.89. The van der Waals surface area contributed by atoms with Gasteiger partial charge in [-0.3, -0.25) is 0 Å². The monoisotopic (exact) mass is 465 g/mol. The van der Waals surface area contributed by atoms with Crippen molar-refractivity contribution in [3.05, 3.63) is 70.5 Å². The van der Waals surface area contributed by atoms with Crippen LogP contribution in [0.15, 0.2) is 68.8 Å². The van der Waals surface area contributed by atoms with E-state index >= 15 is 0 Å². The number of aliphatic imine (C=N–C) groups is 3. The van der Waals surface area contributed by atoms with E-state index < -0.39 is 0 Å². The number of nitrogens with zero attached hydrogens (tertiary/aromatic N) is 5. The van der Waals surface area contributed by atoms with Crippen LogP contribution in [0.3, 0.4) is 0 Å². The van der Waals surface area contributed by atoms with Crippen molar-refractivity contribution < 1.29 is 9.47 Å². The summed E-state index contributed by atoms with van der Waals surface area (Å²) in [6, 6.07) is 16.4. The second kappa shape index (κ2) is 9.40. The average Bonchev–Trinajstić information content (AvgIpc) is 3.59. The van der Waals surface area contributed by atoms with E-state index in [4.69, 9.17) is 14.5 Å². The van der Waals surface area contributed by atoms with Crippen LogP contribution >= 0.6 is 0 Å². The Kier molecular flexibility index (Phi) is 5.81. The number of allylic oxidation sites excluding steroid dienone is 2. The second-order valence-electron chi connectivity index (χ2n) is 8.90. The first-order valence-corrected chi connectivity index (χ1v) is 12.0. The Bertz CT molecular complexity index is 1290. The van der Waals surface area contributed by atoms with Crippen molar-refractivity contribution >= 4 is 23.4 Å². The summed E-state index contributed by atoms with van der Waals surface area (Å²) >= 11 is 0. The summed E-state index contributed by atoms with van der Waals surface area (Å²) in [6.45, 7) is 5.08. The van der Waals surface area contributed by atoms with Gasteiger partial charge >= 0.3 is 0 Å². The SMILES string of the molecule is N#Cc1cc(C2=N[C+]=NC3=C2N=C(c2ccc(N4CCOCC4)cc2)C3)ccc1O[C@@H]1CCNC1. The fraction of sp³-hybridized carbons (Fsp3) is 0.333. The van der Waals surface area contributed by atoms with Crippen LogP contribution in [0.5, 0.6) is 5.75 Å². The molecule has 4 heterocycles. The Balaban J connectivity index is 1.23. The van der Waals surface area contributed by atoms with Crippen molar-refractivity contribution in [2.24, 2.45) is 15.0 Å². The summed E-state index contributed by atoms with van der Waals surface area (Å²) < 4.78 is 11.5. The van der Waals surface area contributed by atoms with E-state index in [1.807, 2.05) is 18.2 Å². The molecule has 2 aromatic rings. The molecule has 1 atom stereocenters. The minimum Gasteiger partial charge on any atom is -0.488 e. The number of rotatable bonds is 5. The van der Waals surface area contributed by atoms with Crippen LogP contribution in [-0.4, -0.2) is 63.3 Å². The number of anilines is 1. The van der Waals surface area contributed by atoms with Crippen molar-refractivity contribution in [2.75, 3.05) is 44.3 Å². The Morgan fingerprint density at radius 3 is 2.71 bits per heavy atom. The molecule has 0 spiro atoms. The highest BCUT2D eigenvalue weighted by Gasteiger charge is 2.34. The van der Waals surface area contributed by atoms with Crippen molar-refractivity contribution in [1.82, 2.24) is 5.32 Å². The number of hydrogen-bond acceptors (Lipinski definition) is 8. The van der Waals surface area contributed by atoms with Crippen molar-refractivity contribution in [2.45, 2.75) is 18.9 Å². The summed E-state index contributed by atoms with van der Waals surface area (Å²) in [4.78, 5) is 16.0. The predicted molar refractivity (Wildman–Crippen MR) is 135 cm³/mol. The summed E-state index contributed by atoms with van der Waals surface area (Å²) in [6.07, 6.45) is 4.43. The van der Waals surface area contributed by atoms with E-state index in [1.165, 1.54) is 5.69 Å². The van der Waals surface area contributed by atoms with Gasteiger partial charge in [0.15, 0.2) is 5.70 Å². The highest BCUT2D eigenvalue weighted by Crippen LogP contribution is 2.31. The molecular weight excluding hydrogens is 440 g/mol. The maximum absolute atomic E-state index is 9.74. The molecule has 0 aliphatic carbocycles. The average molecular weight is 466 g/mol. The van der Waals surface area contributed by atoms with E-state index in [0.717, 1.165) is 74.0 Å². The lowest BCUT2D eigenvalue weighted by Crippen LogP contribution is -2.36. The van der Waals surface area contributed by atoms with Crippen molar-refractivity contribution in [1.29, 1.82) is 5.26 Å². The van der Waals surface area contributed by atoms with Gasteiger partial charge in [0, 0.05) is 25.3 Å². The summed E-state index contributed by atoms with van der Waals surface area (Å²) in [5.74, 6) is 0.601. The standard InChI is InChI=1S/C27H25N6O2/c28-15-20-13-19(3-6-25(20)35-22-7-8-29-16-22)26-27-24(30-17-31-26)14-23(32-27)18-1-4-21(5-2-18)33-9-11-34-12-10-33/h1-6,13,22,29H,7-12,14,16H2/q+1/t22-/m1/s1. The van der Waals surface area contributed by atoms with Gasteiger partial charge < -0.3 is 19.7 Å². The Morgan fingerprint density at radius 2 is 1.94 bits per heavy atom. The van der Waals surface area contributed by atoms with Crippen LogP contribution in [-0.2, 0) is 4.74 Å². The second-order valence-corrected chi connectivity index (χ2v) is 8.90. The van der Waals surface area contributed by atoms with Gasteiger partial charge in [-0.25, -0.2) is 4.99 Å². The van der Waals surface area contributed by atoms with Gasteiger partial charge in [0.2, 0.25) is 11.4 Å². The molecule has 2 fully saturated rings. The molecule has 6 rings (SSSR count). The molecule has 4 aliphatic rings. The highest BCUT2D eigenvalue weighted by molar-refractivity contribution is 6.20. The number of benzene rings is 2. The molecule has 0 saturated carbocycles. The van der Waals surface area contributed by atoms with Crippen molar-refractivity contribution in [3.8, 4) is 11.8 Å². The third-order valence-corrected chi connectivity index (χ3v) is 6.69. The van der Waals surface area contributed by atoms with Gasteiger partial charge in [0.05, 0.1) is 36.5 Å². The summed E-state index contributed by atoms with van der Waals surface area (Å²) in [5, 5.41) is 13.0. The lowest BCUT2D eigenvalue weighted by Gasteiger charge is -2.28. The lowest BCUT2D eigenvalue weighted by atomic mass is 10.0. The summed E-state index contributed by atoms with van der Waals surface area (Å²) in [5.41, 5.74) is 6.79. The lowest BCUT2D eigenvalue weighted by molar-refractivity contribution is 0.122.